The summed E-state index contributed by atoms with van der Waals surface area (Å²) in [6, 6.07) is 8.00. The van der Waals surface area contributed by atoms with Gasteiger partial charge in [-0.15, -0.1) is 0 Å². The van der Waals surface area contributed by atoms with E-state index in [1.54, 1.807) is 7.11 Å². The summed E-state index contributed by atoms with van der Waals surface area (Å²) in [5.41, 5.74) is 3.12. The lowest BCUT2D eigenvalue weighted by Crippen LogP contribution is -2.43. The van der Waals surface area contributed by atoms with E-state index in [2.05, 4.69) is 25.2 Å². The van der Waals surface area contributed by atoms with E-state index in [1.165, 1.54) is 22.5 Å². The predicted octanol–water partition coefficient (Wildman–Crippen LogP) is 5.34. The van der Waals surface area contributed by atoms with Gasteiger partial charge >= 0.3 is 0 Å². The number of halogens is 2. The van der Waals surface area contributed by atoms with Crippen molar-refractivity contribution in [1.82, 2.24) is 9.62 Å². The van der Waals surface area contributed by atoms with Crippen molar-refractivity contribution in [3.05, 3.63) is 63.4 Å². The Labute approximate surface area is 212 Å². The second-order valence-electron chi connectivity index (χ2n) is 9.47. The Kier molecular flexibility index (Phi) is 8.83. The number of carbonyl (C=O) groups excluding carboxylic acids is 1. The summed E-state index contributed by atoms with van der Waals surface area (Å²) in [5, 5.41) is 3.19. The summed E-state index contributed by atoms with van der Waals surface area (Å²) in [7, 11) is -2.10. The SMILES string of the molecule is COc1cc(C)c(C(C)NC(=O)C2CCN(S(=O)(=O)Cc3c(F)cccc3Cl)CC2)cc1C(C)C. The van der Waals surface area contributed by atoms with Gasteiger partial charge < -0.3 is 10.1 Å². The third kappa shape index (κ3) is 6.35. The number of nitrogens with zero attached hydrogens (tertiary/aromatic N) is 1. The van der Waals surface area contributed by atoms with Crippen molar-refractivity contribution in [2.45, 2.75) is 58.2 Å². The number of methoxy groups -OCH3 is 1. The lowest BCUT2D eigenvalue weighted by molar-refractivity contribution is -0.126. The van der Waals surface area contributed by atoms with Gasteiger partial charge in [0.05, 0.1) is 18.9 Å². The van der Waals surface area contributed by atoms with Crippen LogP contribution in [0.15, 0.2) is 30.3 Å². The van der Waals surface area contributed by atoms with Crippen molar-refractivity contribution in [1.29, 1.82) is 0 Å². The Morgan fingerprint density at radius 3 is 2.43 bits per heavy atom. The van der Waals surface area contributed by atoms with Gasteiger partial charge in [0.15, 0.2) is 0 Å². The van der Waals surface area contributed by atoms with Crippen LogP contribution in [0, 0.1) is 18.7 Å². The zero-order valence-electron chi connectivity index (χ0n) is 20.9. The largest absolute Gasteiger partial charge is 0.496 e. The number of benzene rings is 2. The molecular weight excluding hydrogens is 491 g/mol. The quantitative estimate of drug-likeness (QED) is 0.506. The van der Waals surface area contributed by atoms with E-state index in [0.717, 1.165) is 22.4 Å². The highest BCUT2D eigenvalue weighted by Gasteiger charge is 2.32. The molecule has 0 aromatic heterocycles. The van der Waals surface area contributed by atoms with Crippen LogP contribution in [0.5, 0.6) is 5.75 Å². The maximum atomic E-state index is 14.1. The molecule has 1 aliphatic rings. The molecule has 2 aromatic rings. The number of hydrogen-bond acceptors (Lipinski definition) is 4. The molecule has 1 N–H and O–H groups in total. The first-order valence-corrected chi connectivity index (χ1v) is 13.8. The molecule has 1 saturated heterocycles. The molecule has 192 valence electrons. The fourth-order valence-corrected chi connectivity index (χ4v) is 6.48. The monoisotopic (exact) mass is 524 g/mol. The zero-order chi connectivity index (χ0) is 25.9. The number of carbonyl (C=O) groups is 1. The molecule has 1 heterocycles. The fraction of sp³-hybridized carbons (Fsp3) is 0.500. The Morgan fingerprint density at radius 1 is 1.20 bits per heavy atom. The first-order valence-electron chi connectivity index (χ1n) is 11.8. The number of sulfonamides is 1. The molecule has 6 nitrogen and oxygen atoms in total. The highest BCUT2D eigenvalue weighted by atomic mass is 35.5. The summed E-state index contributed by atoms with van der Waals surface area (Å²) in [5.74, 6) is -0.403. The van der Waals surface area contributed by atoms with Crippen LogP contribution < -0.4 is 10.1 Å². The lowest BCUT2D eigenvalue weighted by atomic mass is 9.92. The highest BCUT2D eigenvalue weighted by molar-refractivity contribution is 7.88. The summed E-state index contributed by atoms with van der Waals surface area (Å²) in [4.78, 5) is 13.0. The molecule has 1 aliphatic heterocycles. The van der Waals surface area contributed by atoms with Gasteiger partial charge in [-0.2, -0.15) is 0 Å². The van der Waals surface area contributed by atoms with Crippen LogP contribution in [-0.2, 0) is 20.6 Å². The molecule has 0 spiro atoms. The molecule has 1 fully saturated rings. The van der Waals surface area contributed by atoms with E-state index in [4.69, 9.17) is 16.3 Å². The fourth-order valence-electron chi connectivity index (χ4n) is 4.56. The Morgan fingerprint density at radius 2 is 1.86 bits per heavy atom. The van der Waals surface area contributed by atoms with Crippen LogP contribution in [0.2, 0.25) is 5.02 Å². The zero-order valence-corrected chi connectivity index (χ0v) is 22.5. The van der Waals surface area contributed by atoms with E-state index in [9.17, 15) is 17.6 Å². The minimum absolute atomic E-state index is 0.0292. The Balaban J connectivity index is 1.63. The number of rotatable bonds is 8. The Bertz CT molecular complexity index is 1160. The molecule has 0 radical (unpaired) electrons. The second-order valence-corrected chi connectivity index (χ2v) is 11.8. The molecule has 0 aliphatic carbocycles. The van der Waals surface area contributed by atoms with Gasteiger partial charge in [-0.3, -0.25) is 4.79 Å². The molecule has 1 atom stereocenters. The molecule has 9 heteroatoms. The Hall–Kier alpha value is -2.16. The summed E-state index contributed by atoms with van der Waals surface area (Å²) in [6.07, 6.45) is 0.809. The highest BCUT2D eigenvalue weighted by Crippen LogP contribution is 2.32. The first kappa shape index (κ1) is 27.4. The van der Waals surface area contributed by atoms with Gasteiger partial charge in [0.2, 0.25) is 15.9 Å². The van der Waals surface area contributed by atoms with Crippen molar-refractivity contribution >= 4 is 27.5 Å². The van der Waals surface area contributed by atoms with Gasteiger partial charge in [-0.25, -0.2) is 17.1 Å². The predicted molar refractivity (Wildman–Crippen MR) is 137 cm³/mol. The van der Waals surface area contributed by atoms with Crippen LogP contribution in [0.4, 0.5) is 4.39 Å². The van der Waals surface area contributed by atoms with Gasteiger partial charge in [0.25, 0.3) is 0 Å². The molecule has 1 unspecified atom stereocenters. The van der Waals surface area contributed by atoms with Gasteiger partial charge in [-0.1, -0.05) is 31.5 Å². The maximum Gasteiger partial charge on any atom is 0.223 e. The van der Waals surface area contributed by atoms with E-state index < -0.39 is 21.6 Å². The van der Waals surface area contributed by atoms with Crippen molar-refractivity contribution in [2.24, 2.45) is 5.92 Å². The molecule has 3 rings (SSSR count). The van der Waals surface area contributed by atoms with Crippen LogP contribution in [-0.4, -0.2) is 38.8 Å². The maximum absolute atomic E-state index is 14.1. The van der Waals surface area contributed by atoms with Crippen LogP contribution in [0.1, 0.15) is 67.8 Å². The number of aryl methyl sites for hydroxylation is 1. The molecule has 0 bridgehead atoms. The van der Waals surface area contributed by atoms with E-state index in [0.29, 0.717) is 12.8 Å². The van der Waals surface area contributed by atoms with Crippen molar-refractivity contribution in [3.8, 4) is 5.75 Å². The number of ether oxygens (including phenoxy) is 1. The smallest absolute Gasteiger partial charge is 0.223 e. The third-order valence-corrected chi connectivity index (χ3v) is 8.83. The van der Waals surface area contributed by atoms with E-state index in [1.807, 2.05) is 19.9 Å². The van der Waals surface area contributed by atoms with Crippen LogP contribution in [0.25, 0.3) is 0 Å². The molecular formula is C26H34ClFN2O4S. The lowest BCUT2D eigenvalue weighted by Gasteiger charge is -2.31. The number of amides is 1. The van der Waals surface area contributed by atoms with Crippen LogP contribution >= 0.6 is 11.6 Å². The number of piperidine rings is 1. The average Bonchev–Trinajstić information content (AvgIpc) is 2.81. The summed E-state index contributed by atoms with van der Waals surface area (Å²) in [6.45, 7) is 8.56. The average molecular weight is 525 g/mol. The van der Waals surface area contributed by atoms with Crippen molar-refractivity contribution in [3.63, 3.8) is 0 Å². The van der Waals surface area contributed by atoms with E-state index >= 15 is 0 Å². The minimum atomic E-state index is -3.76. The second kappa shape index (κ2) is 11.3. The normalized spacial score (nSPS) is 16.3. The topological polar surface area (TPSA) is 75.7 Å². The van der Waals surface area contributed by atoms with Crippen molar-refractivity contribution < 1.29 is 22.3 Å². The van der Waals surface area contributed by atoms with Gasteiger partial charge in [-0.05, 0) is 73.6 Å². The van der Waals surface area contributed by atoms with E-state index in [-0.39, 0.29) is 47.5 Å². The third-order valence-electron chi connectivity index (χ3n) is 6.67. The summed E-state index contributed by atoms with van der Waals surface area (Å²) >= 11 is 6.01. The van der Waals surface area contributed by atoms with Crippen LogP contribution in [0.3, 0.4) is 0 Å². The molecule has 1 amide bonds. The number of nitrogens with one attached hydrogen (secondary N) is 1. The number of hydrogen-bond donors (Lipinski definition) is 1. The summed E-state index contributed by atoms with van der Waals surface area (Å²) < 4.78 is 46.7. The van der Waals surface area contributed by atoms with Crippen molar-refractivity contribution in [2.75, 3.05) is 20.2 Å². The van der Waals surface area contributed by atoms with Gasteiger partial charge in [0.1, 0.15) is 11.6 Å². The molecule has 0 saturated carbocycles. The molecule has 2 aromatic carbocycles. The first-order chi connectivity index (χ1) is 16.4. The minimum Gasteiger partial charge on any atom is -0.496 e. The standard InChI is InChI=1S/C26H34ClFN2O4S/c1-16(2)20-14-21(17(3)13-25(20)34-5)18(4)29-26(31)19-9-11-30(12-10-19)35(32,33)15-22-23(27)7-6-8-24(22)28/h6-8,13-14,16,18-19H,9-12,15H2,1-5H3,(H,29,31). The molecule has 35 heavy (non-hydrogen) atoms. The van der Waals surface area contributed by atoms with Gasteiger partial charge in [0, 0.05) is 29.6 Å².